The highest BCUT2D eigenvalue weighted by Crippen LogP contribution is 2.30. The van der Waals surface area contributed by atoms with Gasteiger partial charge >= 0.3 is 6.18 Å². The lowest BCUT2D eigenvalue weighted by Gasteiger charge is -2.25. The Morgan fingerprint density at radius 3 is 2.03 bits per heavy atom. The first-order valence-electron chi connectivity index (χ1n) is 9.19. The van der Waals surface area contributed by atoms with Crippen molar-refractivity contribution in [2.75, 3.05) is 11.4 Å². The van der Waals surface area contributed by atoms with E-state index in [1.807, 2.05) is 30.3 Å². The molecule has 0 unspecified atom stereocenters. The number of para-hydroxylation sites is 1. The van der Waals surface area contributed by atoms with Crippen LogP contribution in [-0.4, -0.2) is 18.4 Å². The molecule has 30 heavy (non-hydrogen) atoms. The van der Waals surface area contributed by atoms with Crippen LogP contribution in [0.4, 0.5) is 18.9 Å². The van der Waals surface area contributed by atoms with Gasteiger partial charge in [-0.1, -0.05) is 42.5 Å². The number of alkyl halides is 3. The van der Waals surface area contributed by atoms with Crippen LogP contribution in [0.3, 0.4) is 0 Å². The standard InChI is InChI=1S/C23H19F3N2O2/c24-23(25,26)18-12-10-17(11-13-18)22(30)28(15-14-16-6-2-1-3-7-16)20-9-5-4-8-19(20)21(27)29/h1-13H,14-15H2,(H2,27,29). The summed E-state index contributed by atoms with van der Waals surface area (Å²) in [6.07, 6.45) is -4.01. The quantitative estimate of drug-likeness (QED) is 0.638. The molecule has 0 saturated heterocycles. The highest BCUT2D eigenvalue weighted by Gasteiger charge is 2.30. The number of hydrogen-bond acceptors (Lipinski definition) is 2. The van der Waals surface area contributed by atoms with Crippen molar-refractivity contribution in [2.24, 2.45) is 5.73 Å². The van der Waals surface area contributed by atoms with Gasteiger partial charge < -0.3 is 10.6 Å². The summed E-state index contributed by atoms with van der Waals surface area (Å²) in [6, 6.07) is 19.8. The van der Waals surface area contributed by atoms with Gasteiger partial charge in [0.2, 0.25) is 0 Å². The molecule has 0 radical (unpaired) electrons. The third kappa shape index (κ3) is 4.86. The molecule has 4 nitrogen and oxygen atoms in total. The molecule has 3 aromatic carbocycles. The minimum absolute atomic E-state index is 0.0790. The van der Waals surface area contributed by atoms with Crippen molar-refractivity contribution in [3.63, 3.8) is 0 Å². The maximum Gasteiger partial charge on any atom is 0.416 e. The molecule has 0 spiro atoms. The molecule has 7 heteroatoms. The van der Waals surface area contributed by atoms with Crippen LogP contribution in [0, 0.1) is 0 Å². The first-order chi connectivity index (χ1) is 14.3. The molecular formula is C23H19F3N2O2. The Kier molecular flexibility index (Phi) is 6.20. The molecule has 0 saturated carbocycles. The minimum Gasteiger partial charge on any atom is -0.366 e. The fourth-order valence-electron chi connectivity index (χ4n) is 3.09. The van der Waals surface area contributed by atoms with E-state index in [4.69, 9.17) is 5.73 Å². The molecule has 0 heterocycles. The number of carbonyl (C=O) groups is 2. The molecule has 0 bridgehead atoms. The van der Waals surface area contributed by atoms with E-state index in [-0.39, 0.29) is 17.7 Å². The lowest BCUT2D eigenvalue weighted by atomic mass is 10.1. The number of anilines is 1. The van der Waals surface area contributed by atoms with Gasteiger partial charge in [0.05, 0.1) is 16.8 Å². The lowest BCUT2D eigenvalue weighted by molar-refractivity contribution is -0.137. The first kappa shape index (κ1) is 21.1. The number of nitrogens with zero attached hydrogens (tertiary/aromatic N) is 1. The van der Waals surface area contributed by atoms with E-state index in [1.54, 1.807) is 18.2 Å². The summed E-state index contributed by atoms with van der Waals surface area (Å²) in [7, 11) is 0. The Balaban J connectivity index is 1.96. The maximum atomic E-state index is 13.2. The lowest BCUT2D eigenvalue weighted by Crippen LogP contribution is -2.34. The summed E-state index contributed by atoms with van der Waals surface area (Å²) in [5.74, 6) is -1.22. The summed E-state index contributed by atoms with van der Waals surface area (Å²) in [5.41, 5.74) is 6.14. The highest BCUT2D eigenvalue weighted by molar-refractivity contribution is 6.10. The molecule has 0 aliphatic carbocycles. The van der Waals surface area contributed by atoms with E-state index in [1.165, 1.54) is 11.0 Å². The summed E-state index contributed by atoms with van der Waals surface area (Å²) in [5, 5.41) is 0. The third-order valence-corrected chi connectivity index (χ3v) is 4.63. The first-order valence-corrected chi connectivity index (χ1v) is 9.19. The highest BCUT2D eigenvalue weighted by atomic mass is 19.4. The second-order valence-corrected chi connectivity index (χ2v) is 6.65. The number of hydrogen-bond donors (Lipinski definition) is 1. The Bertz CT molecular complexity index is 1030. The summed E-state index contributed by atoms with van der Waals surface area (Å²) in [6.45, 7) is 0.216. The van der Waals surface area contributed by atoms with Gasteiger partial charge in [-0.15, -0.1) is 0 Å². The van der Waals surface area contributed by atoms with Crippen molar-refractivity contribution in [3.05, 3.63) is 101 Å². The van der Waals surface area contributed by atoms with Crippen LogP contribution in [0.2, 0.25) is 0 Å². The molecule has 2 N–H and O–H groups in total. The van der Waals surface area contributed by atoms with Crippen LogP contribution >= 0.6 is 0 Å². The Morgan fingerprint density at radius 2 is 1.43 bits per heavy atom. The zero-order chi connectivity index (χ0) is 21.7. The van der Waals surface area contributed by atoms with Crippen LogP contribution in [0.1, 0.15) is 31.8 Å². The molecule has 2 amide bonds. The van der Waals surface area contributed by atoms with Gasteiger partial charge in [0.25, 0.3) is 11.8 Å². The van der Waals surface area contributed by atoms with Crippen LogP contribution in [-0.2, 0) is 12.6 Å². The predicted octanol–water partition coefficient (Wildman–Crippen LogP) is 4.69. The summed E-state index contributed by atoms with van der Waals surface area (Å²) >= 11 is 0. The van der Waals surface area contributed by atoms with E-state index in [9.17, 15) is 22.8 Å². The molecule has 0 fully saturated rings. The topological polar surface area (TPSA) is 63.4 Å². The van der Waals surface area contributed by atoms with Crippen molar-refractivity contribution in [3.8, 4) is 0 Å². The number of nitrogens with two attached hydrogens (primary N) is 1. The van der Waals surface area contributed by atoms with Gasteiger partial charge in [0.1, 0.15) is 0 Å². The monoisotopic (exact) mass is 412 g/mol. The number of primary amides is 1. The molecule has 3 aromatic rings. The fourth-order valence-corrected chi connectivity index (χ4v) is 3.09. The summed E-state index contributed by atoms with van der Waals surface area (Å²) in [4.78, 5) is 26.4. The average Bonchev–Trinajstić information content (AvgIpc) is 2.74. The molecule has 0 aliphatic rings. The molecule has 3 rings (SSSR count). The second-order valence-electron chi connectivity index (χ2n) is 6.65. The second kappa shape index (κ2) is 8.82. The number of amides is 2. The van der Waals surface area contributed by atoms with E-state index >= 15 is 0 Å². The molecular weight excluding hydrogens is 393 g/mol. The molecule has 0 aromatic heterocycles. The van der Waals surface area contributed by atoms with Gasteiger partial charge in [-0.3, -0.25) is 9.59 Å². The predicted molar refractivity (Wildman–Crippen MR) is 108 cm³/mol. The number of benzene rings is 3. The Hall–Kier alpha value is -3.61. The van der Waals surface area contributed by atoms with Crippen molar-refractivity contribution in [1.82, 2.24) is 0 Å². The van der Waals surface area contributed by atoms with Crippen LogP contribution in [0.15, 0.2) is 78.9 Å². The van der Waals surface area contributed by atoms with Crippen LogP contribution in [0.5, 0.6) is 0 Å². The van der Waals surface area contributed by atoms with Crippen molar-refractivity contribution >= 4 is 17.5 Å². The van der Waals surface area contributed by atoms with Gasteiger partial charge in [-0.2, -0.15) is 13.2 Å². The molecule has 0 atom stereocenters. The Morgan fingerprint density at radius 1 is 0.833 bits per heavy atom. The van der Waals surface area contributed by atoms with E-state index in [0.29, 0.717) is 12.1 Å². The van der Waals surface area contributed by atoms with E-state index in [0.717, 1.165) is 29.8 Å². The zero-order valence-corrected chi connectivity index (χ0v) is 15.9. The van der Waals surface area contributed by atoms with E-state index in [2.05, 4.69) is 0 Å². The fraction of sp³-hybridized carbons (Fsp3) is 0.130. The number of rotatable bonds is 6. The normalized spacial score (nSPS) is 11.2. The van der Waals surface area contributed by atoms with E-state index < -0.39 is 23.6 Å². The number of halogens is 3. The van der Waals surface area contributed by atoms with Gasteiger partial charge in [0, 0.05) is 12.1 Å². The third-order valence-electron chi connectivity index (χ3n) is 4.63. The SMILES string of the molecule is NC(=O)c1ccccc1N(CCc1ccccc1)C(=O)c1ccc(C(F)(F)F)cc1. The average molecular weight is 412 g/mol. The van der Waals surface area contributed by atoms with Gasteiger partial charge in [0.15, 0.2) is 0 Å². The smallest absolute Gasteiger partial charge is 0.366 e. The van der Waals surface area contributed by atoms with Crippen molar-refractivity contribution in [1.29, 1.82) is 0 Å². The maximum absolute atomic E-state index is 13.2. The Labute approximate surface area is 171 Å². The zero-order valence-electron chi connectivity index (χ0n) is 15.9. The largest absolute Gasteiger partial charge is 0.416 e. The van der Waals surface area contributed by atoms with Crippen molar-refractivity contribution in [2.45, 2.75) is 12.6 Å². The molecule has 0 aliphatic heterocycles. The molecule has 154 valence electrons. The van der Waals surface area contributed by atoms with Gasteiger partial charge in [-0.25, -0.2) is 0 Å². The van der Waals surface area contributed by atoms with Crippen LogP contribution < -0.4 is 10.6 Å². The summed E-state index contributed by atoms with van der Waals surface area (Å²) < 4.78 is 38.5. The van der Waals surface area contributed by atoms with Gasteiger partial charge in [-0.05, 0) is 48.4 Å². The minimum atomic E-state index is -4.49. The van der Waals surface area contributed by atoms with Crippen LogP contribution in [0.25, 0.3) is 0 Å². The number of carbonyl (C=O) groups excluding carboxylic acids is 2. The van der Waals surface area contributed by atoms with Crippen molar-refractivity contribution < 1.29 is 22.8 Å².